The summed E-state index contributed by atoms with van der Waals surface area (Å²) in [4.78, 5) is 37.6. The number of rotatable bonds is 4. The summed E-state index contributed by atoms with van der Waals surface area (Å²) in [5, 5.41) is 3.18. The van der Waals surface area contributed by atoms with E-state index in [4.69, 9.17) is 21.1 Å². The quantitative estimate of drug-likeness (QED) is 0.662. The number of methoxy groups -OCH3 is 1. The Morgan fingerprint density at radius 1 is 1.42 bits per heavy atom. The highest BCUT2D eigenvalue weighted by molar-refractivity contribution is 6.30. The van der Waals surface area contributed by atoms with Crippen LogP contribution < -0.4 is 5.32 Å². The van der Waals surface area contributed by atoms with Crippen molar-refractivity contribution in [3.63, 3.8) is 0 Å². The molecule has 1 aliphatic rings. The Balaban J connectivity index is 2.40. The summed E-state index contributed by atoms with van der Waals surface area (Å²) in [6.45, 7) is 3.45. The van der Waals surface area contributed by atoms with Gasteiger partial charge in [-0.15, -0.1) is 0 Å². The van der Waals surface area contributed by atoms with Gasteiger partial charge in [-0.2, -0.15) is 0 Å². The van der Waals surface area contributed by atoms with Crippen LogP contribution in [-0.4, -0.2) is 42.6 Å². The molecule has 0 spiro atoms. The number of nitrogens with zero attached hydrogens (tertiary/aromatic N) is 1. The maximum Gasteiger partial charge on any atom is 0.412 e. The van der Waals surface area contributed by atoms with Crippen molar-refractivity contribution in [3.05, 3.63) is 47.5 Å². The zero-order chi connectivity index (χ0) is 17.7. The van der Waals surface area contributed by atoms with Crippen LogP contribution in [0.5, 0.6) is 0 Å². The third kappa shape index (κ3) is 3.86. The van der Waals surface area contributed by atoms with E-state index in [-0.39, 0.29) is 18.9 Å². The maximum atomic E-state index is 12.4. The molecule has 0 radical (unpaired) electrons. The number of hydrogen-bond donors (Lipinski definition) is 1. The number of amides is 2. The summed E-state index contributed by atoms with van der Waals surface area (Å²) in [6.07, 6.45) is -0.430. The van der Waals surface area contributed by atoms with E-state index in [0.29, 0.717) is 10.6 Å². The zero-order valence-electron chi connectivity index (χ0n) is 13.0. The second kappa shape index (κ2) is 7.83. The van der Waals surface area contributed by atoms with E-state index in [9.17, 15) is 14.4 Å². The van der Waals surface area contributed by atoms with Crippen LogP contribution in [0.25, 0.3) is 0 Å². The first kappa shape index (κ1) is 17.8. The first-order chi connectivity index (χ1) is 11.5. The molecule has 1 aromatic carbocycles. The minimum atomic E-state index is -1.08. The van der Waals surface area contributed by atoms with E-state index in [0.717, 1.165) is 4.90 Å². The average Bonchev–Trinajstić information content (AvgIpc) is 2.58. The Morgan fingerprint density at radius 3 is 2.67 bits per heavy atom. The first-order valence-corrected chi connectivity index (χ1v) is 7.54. The van der Waals surface area contributed by atoms with Crippen LogP contribution in [0.2, 0.25) is 5.02 Å². The number of esters is 1. The molecule has 0 unspecified atom stereocenters. The largest absolute Gasteiger partial charge is 0.467 e. The van der Waals surface area contributed by atoms with Gasteiger partial charge < -0.3 is 14.8 Å². The van der Waals surface area contributed by atoms with E-state index < -0.39 is 24.3 Å². The molecule has 8 heteroatoms. The number of hydrogen-bond acceptors (Lipinski definition) is 5. The van der Waals surface area contributed by atoms with Crippen molar-refractivity contribution < 1.29 is 23.9 Å². The molecule has 0 bridgehead atoms. The summed E-state index contributed by atoms with van der Waals surface area (Å²) in [5.41, 5.74) is 0.580. The highest BCUT2D eigenvalue weighted by atomic mass is 35.5. The summed E-state index contributed by atoms with van der Waals surface area (Å²) >= 11 is 5.87. The van der Waals surface area contributed by atoms with Crippen LogP contribution in [0.1, 0.15) is 18.2 Å². The average molecular weight is 353 g/mol. The minimum absolute atomic E-state index is 0.0233. The Labute approximate surface area is 144 Å². The molecule has 1 aromatic rings. The molecule has 0 aromatic heterocycles. The van der Waals surface area contributed by atoms with Gasteiger partial charge in [0.1, 0.15) is 18.8 Å². The number of halogens is 1. The predicted octanol–water partition coefficient (Wildman–Crippen LogP) is 2.02. The zero-order valence-corrected chi connectivity index (χ0v) is 13.8. The fourth-order valence-corrected chi connectivity index (χ4v) is 2.52. The lowest BCUT2D eigenvalue weighted by molar-refractivity contribution is -0.153. The van der Waals surface area contributed by atoms with Crippen molar-refractivity contribution >= 4 is 29.6 Å². The molecule has 1 aliphatic heterocycles. The van der Waals surface area contributed by atoms with Gasteiger partial charge in [0.05, 0.1) is 13.5 Å². The SMILES string of the molecule is C=CCOC(=O)N1[C@@H](c2ccc(Cl)cc2)NC(=O)C[C@H]1C(=O)OC. The highest BCUT2D eigenvalue weighted by Crippen LogP contribution is 2.28. The molecule has 2 rings (SSSR count). The van der Waals surface area contributed by atoms with E-state index >= 15 is 0 Å². The van der Waals surface area contributed by atoms with Crippen LogP contribution in [-0.2, 0) is 19.1 Å². The van der Waals surface area contributed by atoms with Crippen LogP contribution in [0, 0.1) is 0 Å². The van der Waals surface area contributed by atoms with E-state index in [1.807, 2.05) is 0 Å². The van der Waals surface area contributed by atoms with Gasteiger partial charge in [0.2, 0.25) is 5.91 Å². The second-order valence-electron chi connectivity index (χ2n) is 5.04. The molecule has 1 N–H and O–H groups in total. The Hall–Kier alpha value is -2.54. The Bertz CT molecular complexity index is 646. The summed E-state index contributed by atoms with van der Waals surface area (Å²) < 4.78 is 9.77. The van der Waals surface area contributed by atoms with Crippen molar-refractivity contribution in [2.24, 2.45) is 0 Å². The first-order valence-electron chi connectivity index (χ1n) is 7.16. The van der Waals surface area contributed by atoms with Gasteiger partial charge in [0.25, 0.3) is 0 Å². The maximum absolute atomic E-state index is 12.4. The molecule has 128 valence electrons. The third-order valence-electron chi connectivity index (χ3n) is 3.48. The molecule has 2 amide bonds. The highest BCUT2D eigenvalue weighted by Gasteiger charge is 2.43. The number of benzene rings is 1. The lowest BCUT2D eigenvalue weighted by atomic mass is 10.0. The summed E-state index contributed by atoms with van der Waals surface area (Å²) in [6, 6.07) is 5.47. The smallest absolute Gasteiger partial charge is 0.412 e. The van der Waals surface area contributed by atoms with Crippen LogP contribution >= 0.6 is 11.6 Å². The van der Waals surface area contributed by atoms with Crippen molar-refractivity contribution in [1.29, 1.82) is 0 Å². The van der Waals surface area contributed by atoms with E-state index in [1.165, 1.54) is 13.2 Å². The lowest BCUT2D eigenvalue weighted by Crippen LogP contribution is -2.58. The third-order valence-corrected chi connectivity index (χ3v) is 3.74. The number of ether oxygens (including phenoxy) is 2. The monoisotopic (exact) mass is 352 g/mol. The summed E-state index contributed by atoms with van der Waals surface area (Å²) in [7, 11) is 1.19. The fourth-order valence-electron chi connectivity index (χ4n) is 2.39. The van der Waals surface area contributed by atoms with Crippen molar-refractivity contribution in [2.75, 3.05) is 13.7 Å². The van der Waals surface area contributed by atoms with Gasteiger partial charge in [0, 0.05) is 5.02 Å². The molecule has 1 heterocycles. The number of carbonyl (C=O) groups excluding carboxylic acids is 3. The van der Waals surface area contributed by atoms with Gasteiger partial charge in [0.15, 0.2) is 0 Å². The van der Waals surface area contributed by atoms with Gasteiger partial charge in [-0.05, 0) is 17.7 Å². The van der Waals surface area contributed by atoms with Crippen LogP contribution in [0.4, 0.5) is 4.79 Å². The molecule has 24 heavy (non-hydrogen) atoms. The second-order valence-corrected chi connectivity index (χ2v) is 5.47. The molecule has 7 nitrogen and oxygen atoms in total. The van der Waals surface area contributed by atoms with Crippen molar-refractivity contribution in [3.8, 4) is 0 Å². The molecule has 2 atom stereocenters. The van der Waals surface area contributed by atoms with Crippen LogP contribution in [0.3, 0.4) is 0 Å². The van der Waals surface area contributed by atoms with Gasteiger partial charge in [-0.3, -0.25) is 9.69 Å². The molecule has 1 saturated heterocycles. The van der Waals surface area contributed by atoms with E-state index in [1.54, 1.807) is 24.3 Å². The van der Waals surface area contributed by atoms with Gasteiger partial charge >= 0.3 is 12.1 Å². The predicted molar refractivity (Wildman–Crippen MR) is 86.1 cm³/mol. The molecule has 0 saturated carbocycles. The van der Waals surface area contributed by atoms with Crippen molar-refractivity contribution in [1.82, 2.24) is 10.2 Å². The normalized spacial score (nSPS) is 20.1. The number of nitrogens with one attached hydrogen (secondary N) is 1. The van der Waals surface area contributed by atoms with Gasteiger partial charge in [-0.1, -0.05) is 36.4 Å². The lowest BCUT2D eigenvalue weighted by Gasteiger charge is -2.39. The molecular formula is C16H17ClN2O5. The Kier molecular flexibility index (Phi) is 5.81. The van der Waals surface area contributed by atoms with Gasteiger partial charge in [-0.25, -0.2) is 9.59 Å². The topological polar surface area (TPSA) is 84.9 Å². The standard InChI is InChI=1S/C16H17ClN2O5/c1-3-8-24-16(22)19-12(15(21)23-2)9-13(20)18-14(19)10-4-6-11(17)7-5-10/h3-7,12,14H,1,8-9H2,2H3,(H,18,20)/t12-,14-/m0/s1. The van der Waals surface area contributed by atoms with Crippen molar-refractivity contribution in [2.45, 2.75) is 18.6 Å². The molecule has 0 aliphatic carbocycles. The minimum Gasteiger partial charge on any atom is -0.467 e. The van der Waals surface area contributed by atoms with Crippen LogP contribution in [0.15, 0.2) is 36.9 Å². The fraction of sp³-hybridized carbons (Fsp3) is 0.312. The molecular weight excluding hydrogens is 336 g/mol. The molecule has 1 fully saturated rings. The summed E-state index contributed by atoms with van der Waals surface area (Å²) in [5.74, 6) is -1.07. The van der Waals surface area contributed by atoms with E-state index in [2.05, 4.69) is 11.9 Å². The number of carbonyl (C=O) groups is 3. The Morgan fingerprint density at radius 2 is 2.08 bits per heavy atom.